The van der Waals surface area contributed by atoms with Crippen molar-refractivity contribution in [3.8, 4) is 5.75 Å². The van der Waals surface area contributed by atoms with E-state index in [1.807, 2.05) is 35.5 Å². The van der Waals surface area contributed by atoms with Crippen molar-refractivity contribution in [1.29, 1.82) is 0 Å². The fraction of sp³-hybridized carbons (Fsp3) is 0.500. The van der Waals surface area contributed by atoms with E-state index in [1.54, 1.807) is 7.11 Å². The fourth-order valence-corrected chi connectivity index (χ4v) is 3.89. The van der Waals surface area contributed by atoms with E-state index in [2.05, 4.69) is 14.5 Å². The number of aromatic nitrogens is 2. The Morgan fingerprint density at radius 3 is 2.27 bits per heavy atom. The Balaban J connectivity index is 0.000000383. The van der Waals surface area contributed by atoms with Crippen molar-refractivity contribution in [3.63, 3.8) is 0 Å². The number of alkyl halides is 3. The number of benzene rings is 1. The zero-order valence-corrected chi connectivity index (χ0v) is 18.3. The first-order valence-electron chi connectivity index (χ1n) is 10.7. The van der Waals surface area contributed by atoms with Crippen LogP contribution in [0, 0.1) is 0 Å². The summed E-state index contributed by atoms with van der Waals surface area (Å²) in [5, 5.41) is 7.12. The lowest BCUT2D eigenvalue weighted by atomic mass is 10.1. The van der Waals surface area contributed by atoms with Gasteiger partial charge < -0.3 is 19.3 Å². The molecule has 0 unspecified atom stereocenters. The van der Waals surface area contributed by atoms with Crippen LogP contribution >= 0.6 is 0 Å². The summed E-state index contributed by atoms with van der Waals surface area (Å²) in [5.41, 5.74) is 3.03. The molecule has 2 aliphatic rings. The number of carbonyl (C=O) groups is 2. The molecule has 1 aromatic heterocycles. The maximum Gasteiger partial charge on any atom is 0.490 e. The third-order valence-electron chi connectivity index (χ3n) is 5.64. The van der Waals surface area contributed by atoms with Gasteiger partial charge in [-0.2, -0.15) is 13.2 Å². The Bertz CT molecular complexity index is 954. The number of hydrogen-bond donors (Lipinski definition) is 1. The number of amides is 1. The molecule has 0 saturated carbocycles. The second-order valence-corrected chi connectivity index (χ2v) is 7.93. The number of carboxylic acids is 1. The lowest BCUT2D eigenvalue weighted by molar-refractivity contribution is -0.192. The number of rotatable bonds is 4. The van der Waals surface area contributed by atoms with E-state index in [9.17, 15) is 18.0 Å². The van der Waals surface area contributed by atoms with E-state index < -0.39 is 12.1 Å². The average molecular weight is 468 g/mol. The minimum atomic E-state index is -5.08. The van der Waals surface area contributed by atoms with E-state index in [0.717, 1.165) is 50.6 Å². The number of halogens is 3. The Labute approximate surface area is 189 Å². The summed E-state index contributed by atoms with van der Waals surface area (Å²) in [6, 6.07) is 7.37. The molecule has 180 valence electrons. The zero-order chi connectivity index (χ0) is 24.0. The Kier molecular flexibility index (Phi) is 7.96. The minimum absolute atomic E-state index is 0.0782. The summed E-state index contributed by atoms with van der Waals surface area (Å²) in [4.78, 5) is 31.0. The highest BCUT2D eigenvalue weighted by Crippen LogP contribution is 2.22. The molecule has 3 heterocycles. The van der Waals surface area contributed by atoms with E-state index in [0.29, 0.717) is 12.1 Å². The number of hydrogen-bond acceptors (Lipinski definition) is 5. The zero-order valence-electron chi connectivity index (χ0n) is 18.3. The lowest BCUT2D eigenvalue weighted by Crippen LogP contribution is -2.31. The van der Waals surface area contributed by atoms with Crippen molar-refractivity contribution in [1.82, 2.24) is 19.4 Å². The normalized spacial score (nSPS) is 16.4. The minimum Gasteiger partial charge on any atom is -0.497 e. The van der Waals surface area contributed by atoms with Crippen LogP contribution in [-0.2, 0) is 24.4 Å². The second kappa shape index (κ2) is 10.7. The quantitative estimate of drug-likeness (QED) is 0.742. The van der Waals surface area contributed by atoms with Gasteiger partial charge in [0.25, 0.3) is 5.91 Å². The number of carbonyl (C=O) groups excluding carboxylic acids is 1. The summed E-state index contributed by atoms with van der Waals surface area (Å²) < 4.78 is 39.2. The highest BCUT2D eigenvalue weighted by atomic mass is 19.4. The van der Waals surface area contributed by atoms with Gasteiger partial charge in [-0.3, -0.25) is 9.69 Å². The van der Waals surface area contributed by atoms with Crippen molar-refractivity contribution >= 4 is 11.9 Å². The van der Waals surface area contributed by atoms with Gasteiger partial charge in [0.15, 0.2) is 0 Å². The molecular formula is C22H27F3N4O4. The van der Waals surface area contributed by atoms with Crippen molar-refractivity contribution in [2.24, 2.45) is 0 Å². The number of methoxy groups -OCH3 is 1. The third kappa shape index (κ3) is 6.47. The molecule has 0 radical (unpaired) electrons. The molecule has 2 aromatic rings. The summed E-state index contributed by atoms with van der Waals surface area (Å²) in [6.45, 7) is 5.53. The van der Waals surface area contributed by atoms with Crippen LogP contribution in [0.3, 0.4) is 0 Å². The number of nitrogens with zero attached hydrogens (tertiary/aromatic N) is 4. The number of fused-ring (bicyclic) bond motifs is 1. The van der Waals surface area contributed by atoms with Gasteiger partial charge in [-0.15, -0.1) is 0 Å². The van der Waals surface area contributed by atoms with Crippen molar-refractivity contribution in [2.45, 2.75) is 45.1 Å². The largest absolute Gasteiger partial charge is 0.497 e. The third-order valence-corrected chi connectivity index (χ3v) is 5.64. The molecule has 1 amide bonds. The Hall–Kier alpha value is -3.08. The smallest absolute Gasteiger partial charge is 0.490 e. The molecule has 0 aliphatic carbocycles. The highest BCUT2D eigenvalue weighted by molar-refractivity contribution is 5.94. The number of likely N-dealkylation sites (tertiary alicyclic amines) is 1. The standard InChI is InChI=1S/C20H26N4O2.C2HF3O2/c1-26-17-7-5-16(6-8-17)20(25)23-11-4-12-24-15-21-18(19(24)14-23)13-22-9-2-3-10-22;3-2(4,5)1(6)7/h5-8,15H,2-4,9-14H2,1H3;(H,6,7). The number of ether oxygens (including phenoxy) is 1. The maximum absolute atomic E-state index is 13.0. The van der Waals surface area contributed by atoms with Gasteiger partial charge in [0, 0.05) is 25.2 Å². The molecular weight excluding hydrogens is 441 g/mol. The lowest BCUT2D eigenvalue weighted by Gasteiger charge is -2.21. The molecule has 1 fully saturated rings. The first-order valence-corrected chi connectivity index (χ1v) is 10.7. The van der Waals surface area contributed by atoms with Crippen LogP contribution in [0.5, 0.6) is 5.75 Å². The molecule has 4 rings (SSSR count). The average Bonchev–Trinajstić information content (AvgIpc) is 3.38. The number of imidazole rings is 1. The molecule has 2 aliphatic heterocycles. The molecule has 1 aromatic carbocycles. The SMILES string of the molecule is COc1ccc(C(=O)N2CCCn3cnc(CN4CCCC4)c3C2)cc1.O=C(O)C(F)(F)F. The molecule has 1 N–H and O–H groups in total. The van der Waals surface area contributed by atoms with Gasteiger partial charge in [0.2, 0.25) is 0 Å². The summed E-state index contributed by atoms with van der Waals surface area (Å²) in [6.07, 6.45) is 0.368. The molecule has 8 nitrogen and oxygen atoms in total. The molecule has 0 bridgehead atoms. The predicted octanol–water partition coefficient (Wildman–Crippen LogP) is 3.17. The van der Waals surface area contributed by atoms with Gasteiger partial charge in [-0.1, -0.05) is 0 Å². The molecule has 1 saturated heterocycles. The topological polar surface area (TPSA) is 87.9 Å². The van der Waals surface area contributed by atoms with Crippen molar-refractivity contribution < 1.29 is 32.6 Å². The second-order valence-electron chi connectivity index (χ2n) is 7.93. The van der Waals surface area contributed by atoms with Crippen LogP contribution in [0.25, 0.3) is 0 Å². The number of aryl methyl sites for hydroxylation is 1. The van der Waals surface area contributed by atoms with Crippen LogP contribution in [-0.4, -0.2) is 69.3 Å². The maximum atomic E-state index is 13.0. The Morgan fingerprint density at radius 2 is 1.70 bits per heavy atom. The first-order chi connectivity index (χ1) is 15.7. The summed E-state index contributed by atoms with van der Waals surface area (Å²) in [7, 11) is 1.63. The van der Waals surface area contributed by atoms with Gasteiger partial charge in [-0.05, 0) is 56.6 Å². The van der Waals surface area contributed by atoms with Crippen LogP contribution < -0.4 is 4.74 Å². The van der Waals surface area contributed by atoms with Crippen LogP contribution in [0.4, 0.5) is 13.2 Å². The van der Waals surface area contributed by atoms with Crippen LogP contribution in [0.2, 0.25) is 0 Å². The summed E-state index contributed by atoms with van der Waals surface area (Å²) >= 11 is 0. The highest BCUT2D eigenvalue weighted by Gasteiger charge is 2.38. The fourth-order valence-electron chi connectivity index (χ4n) is 3.89. The van der Waals surface area contributed by atoms with Gasteiger partial charge in [0.1, 0.15) is 5.75 Å². The molecule has 11 heteroatoms. The molecule has 33 heavy (non-hydrogen) atoms. The molecule has 0 atom stereocenters. The summed E-state index contributed by atoms with van der Waals surface area (Å²) in [5.74, 6) is -1.91. The van der Waals surface area contributed by atoms with E-state index in [-0.39, 0.29) is 5.91 Å². The molecule has 0 spiro atoms. The van der Waals surface area contributed by atoms with Gasteiger partial charge in [0.05, 0.1) is 31.4 Å². The van der Waals surface area contributed by atoms with Gasteiger partial charge in [-0.25, -0.2) is 9.78 Å². The van der Waals surface area contributed by atoms with Crippen LogP contribution in [0.15, 0.2) is 30.6 Å². The van der Waals surface area contributed by atoms with Crippen LogP contribution in [0.1, 0.15) is 41.0 Å². The Morgan fingerprint density at radius 1 is 1.06 bits per heavy atom. The monoisotopic (exact) mass is 468 g/mol. The number of aliphatic carboxylic acids is 1. The van der Waals surface area contributed by atoms with E-state index in [4.69, 9.17) is 14.6 Å². The van der Waals surface area contributed by atoms with Crippen molar-refractivity contribution in [3.05, 3.63) is 47.5 Å². The van der Waals surface area contributed by atoms with E-state index in [1.165, 1.54) is 18.5 Å². The van der Waals surface area contributed by atoms with E-state index >= 15 is 0 Å². The number of carboxylic acid groups (broad SMARTS) is 1. The first kappa shape index (κ1) is 24.6. The van der Waals surface area contributed by atoms with Gasteiger partial charge >= 0.3 is 12.1 Å². The van der Waals surface area contributed by atoms with Crippen molar-refractivity contribution in [2.75, 3.05) is 26.7 Å². The predicted molar refractivity (Wildman–Crippen MR) is 113 cm³/mol.